The van der Waals surface area contributed by atoms with E-state index in [1.165, 1.54) is 0 Å². The van der Waals surface area contributed by atoms with Crippen molar-refractivity contribution in [1.82, 2.24) is 4.90 Å². The average Bonchev–Trinajstić information content (AvgIpc) is 2.83. The van der Waals surface area contributed by atoms with Gasteiger partial charge in [-0.3, -0.25) is 4.79 Å². The lowest BCUT2D eigenvalue weighted by molar-refractivity contribution is -0.129. The third kappa shape index (κ3) is 3.93. The zero-order chi connectivity index (χ0) is 17.9. The van der Waals surface area contributed by atoms with Crippen LogP contribution in [-0.2, 0) is 9.53 Å². The quantitative estimate of drug-likeness (QED) is 0.513. The van der Waals surface area contributed by atoms with Crippen LogP contribution in [0, 0.1) is 5.92 Å². The summed E-state index contributed by atoms with van der Waals surface area (Å²) < 4.78 is 6.44. The van der Waals surface area contributed by atoms with Crippen molar-refractivity contribution in [2.24, 2.45) is 5.92 Å². The van der Waals surface area contributed by atoms with Crippen molar-refractivity contribution in [3.8, 4) is 0 Å². The maximum Gasteiger partial charge on any atom is 0.230 e. The van der Waals surface area contributed by atoms with E-state index in [2.05, 4.69) is 22.5 Å². The number of allylic oxidation sites excluding steroid dienone is 4. The van der Waals surface area contributed by atoms with Crippen molar-refractivity contribution < 1.29 is 9.53 Å². The smallest absolute Gasteiger partial charge is 0.230 e. The van der Waals surface area contributed by atoms with Gasteiger partial charge in [0.2, 0.25) is 5.91 Å². The van der Waals surface area contributed by atoms with E-state index >= 15 is 0 Å². The molecule has 1 heterocycles. The molecule has 128 valence electrons. The number of carbonyl (C=O) groups excluding carboxylic acids is 1. The number of likely N-dealkylation sites (N-methyl/N-ethyl adjacent to an activating group) is 1. The standard InChI is InChI=1S/C19H21BrClNO2/c1-12(21)9-10-17(24-4)13(2)18-15(11-22(3)19(18)23)14-7-5-6-8-16(14)20/h5-10,15,18H,2,11H2,1,3-4H3/b12-9+,17-10+/t15-,18+/m1/s1. The number of amides is 1. The van der Waals surface area contributed by atoms with E-state index in [-0.39, 0.29) is 17.7 Å². The number of rotatable bonds is 5. The fraction of sp³-hybridized carbons (Fsp3) is 0.316. The number of likely N-dealkylation sites (tertiary alicyclic amines) is 1. The number of ether oxygens (including phenoxy) is 1. The lowest BCUT2D eigenvalue weighted by atomic mass is 9.83. The van der Waals surface area contributed by atoms with E-state index in [4.69, 9.17) is 16.3 Å². The predicted octanol–water partition coefficient (Wildman–Crippen LogP) is 4.85. The molecule has 0 aliphatic carbocycles. The van der Waals surface area contributed by atoms with Gasteiger partial charge in [-0.2, -0.15) is 0 Å². The lowest BCUT2D eigenvalue weighted by Crippen LogP contribution is -2.24. The van der Waals surface area contributed by atoms with Gasteiger partial charge in [-0.1, -0.05) is 52.3 Å². The largest absolute Gasteiger partial charge is 0.496 e. The Bertz CT molecular complexity index is 707. The van der Waals surface area contributed by atoms with Gasteiger partial charge in [-0.05, 0) is 30.7 Å². The number of nitrogens with zero attached hydrogens (tertiary/aromatic N) is 1. The molecule has 2 atom stereocenters. The maximum absolute atomic E-state index is 12.7. The summed E-state index contributed by atoms with van der Waals surface area (Å²) in [6.07, 6.45) is 3.50. The Morgan fingerprint density at radius 3 is 2.67 bits per heavy atom. The molecule has 0 unspecified atom stereocenters. The van der Waals surface area contributed by atoms with E-state index in [9.17, 15) is 4.79 Å². The van der Waals surface area contributed by atoms with Crippen molar-refractivity contribution in [3.63, 3.8) is 0 Å². The first-order valence-corrected chi connectivity index (χ1v) is 8.80. The zero-order valence-corrected chi connectivity index (χ0v) is 16.4. The summed E-state index contributed by atoms with van der Waals surface area (Å²) in [7, 11) is 3.39. The summed E-state index contributed by atoms with van der Waals surface area (Å²) in [5.41, 5.74) is 1.77. The van der Waals surface area contributed by atoms with Gasteiger partial charge in [0.05, 0.1) is 13.0 Å². The molecule has 3 nitrogen and oxygen atoms in total. The molecule has 1 aromatic rings. The molecule has 1 aliphatic rings. The monoisotopic (exact) mass is 409 g/mol. The number of carbonyl (C=O) groups is 1. The fourth-order valence-corrected chi connectivity index (χ4v) is 3.64. The zero-order valence-electron chi connectivity index (χ0n) is 14.1. The molecule has 0 spiro atoms. The van der Waals surface area contributed by atoms with Crippen LogP contribution in [0.15, 0.2) is 63.8 Å². The van der Waals surface area contributed by atoms with Crippen LogP contribution in [0.25, 0.3) is 0 Å². The summed E-state index contributed by atoms with van der Waals surface area (Å²) in [6, 6.07) is 7.98. The summed E-state index contributed by atoms with van der Waals surface area (Å²) in [6.45, 7) is 6.58. The molecular formula is C19H21BrClNO2. The van der Waals surface area contributed by atoms with Crippen molar-refractivity contribution in [3.05, 3.63) is 69.4 Å². The Balaban J connectivity index is 2.42. The van der Waals surface area contributed by atoms with E-state index in [1.54, 1.807) is 31.1 Å². The van der Waals surface area contributed by atoms with Gasteiger partial charge in [0.15, 0.2) is 0 Å². The summed E-state index contributed by atoms with van der Waals surface area (Å²) in [5.74, 6) is 0.283. The van der Waals surface area contributed by atoms with Gasteiger partial charge < -0.3 is 9.64 Å². The Labute approximate surface area is 156 Å². The molecule has 2 rings (SSSR count). The third-order valence-corrected chi connectivity index (χ3v) is 5.04. The molecular weight excluding hydrogens is 390 g/mol. The van der Waals surface area contributed by atoms with Gasteiger partial charge >= 0.3 is 0 Å². The van der Waals surface area contributed by atoms with Crippen molar-refractivity contribution in [1.29, 1.82) is 0 Å². The third-order valence-electron chi connectivity index (χ3n) is 4.20. The topological polar surface area (TPSA) is 29.5 Å². The van der Waals surface area contributed by atoms with Crippen LogP contribution in [-0.4, -0.2) is 31.5 Å². The normalized spacial score (nSPS) is 22.0. The van der Waals surface area contributed by atoms with Crippen LogP contribution in [0.4, 0.5) is 0 Å². The first-order valence-electron chi connectivity index (χ1n) is 7.63. The fourth-order valence-electron chi connectivity index (χ4n) is 3.00. The van der Waals surface area contributed by atoms with Crippen LogP contribution in [0.3, 0.4) is 0 Å². The Morgan fingerprint density at radius 2 is 2.08 bits per heavy atom. The highest BCUT2D eigenvalue weighted by Crippen LogP contribution is 2.41. The summed E-state index contributed by atoms with van der Waals surface area (Å²) >= 11 is 9.48. The van der Waals surface area contributed by atoms with Gasteiger partial charge in [0.25, 0.3) is 0 Å². The minimum absolute atomic E-state index is 0.0187. The lowest BCUT2D eigenvalue weighted by Gasteiger charge is -2.21. The number of hydrogen-bond acceptors (Lipinski definition) is 2. The van der Waals surface area contributed by atoms with Crippen LogP contribution < -0.4 is 0 Å². The van der Waals surface area contributed by atoms with Gasteiger partial charge in [0, 0.05) is 34.6 Å². The number of methoxy groups -OCH3 is 1. The molecule has 1 saturated heterocycles. The number of hydrogen-bond donors (Lipinski definition) is 0. The van der Waals surface area contributed by atoms with E-state index in [1.807, 2.05) is 31.3 Å². The van der Waals surface area contributed by atoms with Crippen molar-refractivity contribution in [2.45, 2.75) is 12.8 Å². The van der Waals surface area contributed by atoms with Crippen LogP contribution in [0.5, 0.6) is 0 Å². The highest BCUT2D eigenvalue weighted by molar-refractivity contribution is 9.10. The second-order valence-electron chi connectivity index (χ2n) is 5.84. The second-order valence-corrected chi connectivity index (χ2v) is 7.29. The molecule has 1 fully saturated rings. The number of halogens is 2. The van der Waals surface area contributed by atoms with Crippen molar-refractivity contribution >= 4 is 33.4 Å². The molecule has 0 aromatic heterocycles. The number of benzene rings is 1. The Hall–Kier alpha value is -1.52. The van der Waals surface area contributed by atoms with Crippen LogP contribution in [0.2, 0.25) is 0 Å². The highest BCUT2D eigenvalue weighted by Gasteiger charge is 2.42. The molecule has 1 aliphatic heterocycles. The SMILES string of the molecule is C=C(/C(=C\C=C(/C)Cl)OC)[C@@H]1C(=O)N(C)C[C@@H]1c1ccccc1Br. The van der Waals surface area contributed by atoms with Crippen LogP contribution in [0.1, 0.15) is 18.4 Å². The van der Waals surface area contributed by atoms with Crippen LogP contribution >= 0.6 is 27.5 Å². The molecule has 1 amide bonds. The maximum atomic E-state index is 12.7. The van der Waals surface area contributed by atoms with Gasteiger partial charge in [0.1, 0.15) is 5.76 Å². The molecule has 24 heavy (non-hydrogen) atoms. The second kappa shape index (κ2) is 8.04. The van der Waals surface area contributed by atoms with Gasteiger partial charge in [-0.25, -0.2) is 0 Å². The molecule has 0 N–H and O–H groups in total. The first kappa shape index (κ1) is 18.8. The average molecular weight is 411 g/mol. The predicted molar refractivity (Wildman–Crippen MR) is 102 cm³/mol. The molecule has 0 radical (unpaired) electrons. The van der Waals surface area contributed by atoms with E-state index < -0.39 is 0 Å². The molecule has 1 aromatic carbocycles. The van der Waals surface area contributed by atoms with E-state index in [0.29, 0.717) is 22.9 Å². The Morgan fingerprint density at radius 1 is 1.42 bits per heavy atom. The van der Waals surface area contributed by atoms with Gasteiger partial charge in [-0.15, -0.1) is 0 Å². The van der Waals surface area contributed by atoms with E-state index in [0.717, 1.165) is 10.0 Å². The summed E-state index contributed by atoms with van der Waals surface area (Å²) in [4.78, 5) is 14.5. The van der Waals surface area contributed by atoms with Crippen molar-refractivity contribution in [2.75, 3.05) is 20.7 Å². The minimum Gasteiger partial charge on any atom is -0.496 e. The molecule has 0 bridgehead atoms. The summed E-state index contributed by atoms with van der Waals surface area (Å²) in [5, 5.41) is 0.634. The molecule has 5 heteroatoms. The highest BCUT2D eigenvalue weighted by atomic mass is 79.9. The first-order chi connectivity index (χ1) is 11.4. The minimum atomic E-state index is -0.357. The Kier molecular flexibility index (Phi) is 6.30. The molecule has 0 saturated carbocycles.